The average Bonchev–Trinajstić information content (AvgIpc) is 3.28. The van der Waals surface area contributed by atoms with Crippen LogP contribution in [-0.4, -0.2) is 42.3 Å². The van der Waals surface area contributed by atoms with Crippen molar-refractivity contribution in [3.63, 3.8) is 0 Å². The average molecular weight is 559 g/mol. The predicted octanol–water partition coefficient (Wildman–Crippen LogP) is 6.05. The van der Waals surface area contributed by atoms with Crippen LogP contribution in [0.2, 0.25) is 0 Å². The van der Waals surface area contributed by atoms with Gasteiger partial charge in [-0.1, -0.05) is 112 Å². The van der Waals surface area contributed by atoms with Gasteiger partial charge in [0.1, 0.15) is 18.2 Å². The summed E-state index contributed by atoms with van der Waals surface area (Å²) in [5.41, 5.74) is 2.90. The third-order valence-electron chi connectivity index (χ3n) is 7.14. The van der Waals surface area contributed by atoms with Gasteiger partial charge in [0, 0.05) is 5.54 Å². The molecule has 0 bridgehead atoms. The van der Waals surface area contributed by atoms with E-state index in [1.54, 1.807) is 0 Å². The lowest BCUT2D eigenvalue weighted by molar-refractivity contribution is -0.132. The molecule has 2 N–H and O–H groups in total. The Morgan fingerprint density at radius 3 is 1.66 bits per heavy atom. The third-order valence-corrected chi connectivity index (χ3v) is 7.14. The van der Waals surface area contributed by atoms with E-state index >= 15 is 0 Å². The van der Waals surface area contributed by atoms with E-state index in [-0.39, 0.29) is 22.9 Å². The molecule has 4 rings (SSSR count). The molecule has 220 valence electrons. The minimum absolute atomic E-state index is 0.0677. The van der Waals surface area contributed by atoms with Crippen molar-refractivity contribution in [3.05, 3.63) is 108 Å². The molecular formula is C35H46N2O4. The Kier molecular flexibility index (Phi) is 10.7. The minimum atomic E-state index is -0.593. The van der Waals surface area contributed by atoms with E-state index in [0.29, 0.717) is 26.4 Å². The van der Waals surface area contributed by atoms with Crippen molar-refractivity contribution in [2.45, 2.75) is 90.7 Å². The summed E-state index contributed by atoms with van der Waals surface area (Å²) in [5.74, 6) is -0.0869. The van der Waals surface area contributed by atoms with Crippen LogP contribution in [0.4, 0.5) is 0 Å². The second kappa shape index (κ2) is 14.2. The monoisotopic (exact) mass is 558 g/mol. The molecule has 0 aliphatic carbocycles. The number of carbonyl (C=O) groups is 1. The van der Waals surface area contributed by atoms with Gasteiger partial charge in [-0.3, -0.25) is 10.1 Å². The fourth-order valence-electron chi connectivity index (χ4n) is 5.80. The maximum absolute atomic E-state index is 13.9. The van der Waals surface area contributed by atoms with E-state index < -0.39 is 18.2 Å². The Morgan fingerprint density at radius 2 is 1.17 bits per heavy atom. The second-order valence-electron chi connectivity index (χ2n) is 12.9. The van der Waals surface area contributed by atoms with Crippen LogP contribution in [0.1, 0.15) is 57.7 Å². The van der Waals surface area contributed by atoms with Crippen molar-refractivity contribution in [1.82, 2.24) is 10.6 Å². The summed E-state index contributed by atoms with van der Waals surface area (Å²) in [6, 6.07) is 29.4. The molecular weight excluding hydrogens is 512 g/mol. The van der Waals surface area contributed by atoms with Gasteiger partial charge in [-0.2, -0.15) is 0 Å². The zero-order chi connectivity index (χ0) is 29.3. The third kappa shape index (κ3) is 9.79. The SMILES string of the molecule is CC(C)(C)CC(C)(C)NC(=O)[C@H]1N[C@@H](COCc2ccccc2)[C@H](OCc2ccccc2)[C@H]1OCc1ccccc1. The number of amides is 1. The van der Waals surface area contributed by atoms with E-state index in [1.807, 2.05) is 91.0 Å². The second-order valence-corrected chi connectivity index (χ2v) is 12.9. The van der Waals surface area contributed by atoms with Gasteiger partial charge in [0.25, 0.3) is 0 Å². The van der Waals surface area contributed by atoms with E-state index in [2.05, 4.69) is 45.3 Å². The van der Waals surface area contributed by atoms with Crippen LogP contribution in [0.15, 0.2) is 91.0 Å². The summed E-state index contributed by atoms with van der Waals surface area (Å²) < 4.78 is 19.2. The van der Waals surface area contributed by atoms with E-state index in [9.17, 15) is 4.79 Å². The highest BCUT2D eigenvalue weighted by Crippen LogP contribution is 2.29. The van der Waals surface area contributed by atoms with Gasteiger partial charge in [-0.15, -0.1) is 0 Å². The lowest BCUT2D eigenvalue weighted by Crippen LogP contribution is -2.55. The predicted molar refractivity (Wildman–Crippen MR) is 163 cm³/mol. The van der Waals surface area contributed by atoms with E-state index in [1.165, 1.54) is 0 Å². The first-order valence-electron chi connectivity index (χ1n) is 14.6. The molecule has 0 spiro atoms. The van der Waals surface area contributed by atoms with Crippen molar-refractivity contribution in [3.8, 4) is 0 Å². The Hall–Kier alpha value is -3.03. The molecule has 3 aromatic rings. The molecule has 1 heterocycles. The number of rotatable bonds is 13. The number of benzene rings is 3. The highest BCUT2D eigenvalue weighted by molar-refractivity contribution is 5.83. The molecule has 3 aromatic carbocycles. The van der Waals surface area contributed by atoms with Crippen molar-refractivity contribution < 1.29 is 19.0 Å². The highest BCUT2D eigenvalue weighted by Gasteiger charge is 2.49. The van der Waals surface area contributed by atoms with E-state index in [4.69, 9.17) is 14.2 Å². The van der Waals surface area contributed by atoms with Gasteiger partial charge >= 0.3 is 0 Å². The molecule has 1 aliphatic rings. The molecule has 1 amide bonds. The van der Waals surface area contributed by atoms with Crippen molar-refractivity contribution in [1.29, 1.82) is 0 Å². The maximum Gasteiger partial charge on any atom is 0.240 e. The van der Waals surface area contributed by atoms with Crippen molar-refractivity contribution in [2.24, 2.45) is 5.41 Å². The summed E-state index contributed by atoms with van der Waals surface area (Å²) >= 11 is 0. The van der Waals surface area contributed by atoms with Gasteiger partial charge in [0.2, 0.25) is 5.91 Å². The Balaban J connectivity index is 1.55. The zero-order valence-corrected chi connectivity index (χ0v) is 25.1. The first kappa shape index (κ1) is 30.9. The molecule has 1 aliphatic heterocycles. The van der Waals surface area contributed by atoms with Crippen LogP contribution in [-0.2, 0) is 38.8 Å². The standard InChI is InChI=1S/C35H46N2O4/c1-34(2,3)25-35(4,5)37-33(38)30-32(41-23-28-19-13-8-14-20-28)31(40-22-27-17-11-7-12-18-27)29(36-30)24-39-21-26-15-9-6-10-16-26/h6-20,29-32,36H,21-25H2,1-5H3,(H,37,38)/t29-,30-,31-,32-/m0/s1. The maximum atomic E-state index is 13.9. The van der Waals surface area contributed by atoms with Crippen LogP contribution >= 0.6 is 0 Å². The summed E-state index contributed by atoms with van der Waals surface area (Å²) in [6.07, 6.45) is -0.0585. The molecule has 0 unspecified atom stereocenters. The summed E-state index contributed by atoms with van der Waals surface area (Å²) in [4.78, 5) is 13.9. The van der Waals surface area contributed by atoms with Gasteiger partial charge in [0.15, 0.2) is 0 Å². The fraction of sp³-hybridized carbons (Fsp3) is 0.457. The van der Waals surface area contributed by atoms with Crippen LogP contribution in [0, 0.1) is 5.41 Å². The van der Waals surface area contributed by atoms with Crippen molar-refractivity contribution >= 4 is 5.91 Å². The molecule has 1 fully saturated rings. The lowest BCUT2D eigenvalue weighted by Gasteiger charge is -2.35. The molecule has 0 radical (unpaired) electrons. The van der Waals surface area contributed by atoms with Crippen LogP contribution < -0.4 is 10.6 Å². The number of ether oxygens (including phenoxy) is 3. The van der Waals surface area contributed by atoms with Gasteiger partial charge in [-0.25, -0.2) is 0 Å². The molecule has 6 nitrogen and oxygen atoms in total. The number of hydrogen-bond donors (Lipinski definition) is 2. The van der Waals surface area contributed by atoms with Crippen LogP contribution in [0.3, 0.4) is 0 Å². The van der Waals surface area contributed by atoms with Crippen LogP contribution in [0.25, 0.3) is 0 Å². The Bertz CT molecular complexity index is 1200. The number of carbonyl (C=O) groups excluding carboxylic acids is 1. The molecule has 4 atom stereocenters. The Labute approximate surface area is 245 Å². The van der Waals surface area contributed by atoms with Gasteiger partial charge < -0.3 is 19.5 Å². The highest BCUT2D eigenvalue weighted by atomic mass is 16.5. The molecule has 6 heteroatoms. The van der Waals surface area contributed by atoms with Gasteiger partial charge in [-0.05, 0) is 42.4 Å². The smallest absolute Gasteiger partial charge is 0.240 e. The largest absolute Gasteiger partial charge is 0.375 e. The molecule has 1 saturated heterocycles. The zero-order valence-electron chi connectivity index (χ0n) is 25.1. The summed E-state index contributed by atoms with van der Waals surface area (Å²) in [5, 5.41) is 6.85. The molecule has 41 heavy (non-hydrogen) atoms. The fourth-order valence-corrected chi connectivity index (χ4v) is 5.80. The van der Waals surface area contributed by atoms with E-state index in [0.717, 1.165) is 23.1 Å². The quantitative estimate of drug-likeness (QED) is 0.268. The molecule has 0 aromatic heterocycles. The van der Waals surface area contributed by atoms with Crippen LogP contribution in [0.5, 0.6) is 0 Å². The summed E-state index contributed by atoms with van der Waals surface area (Å²) in [6.45, 7) is 12.4. The first-order chi connectivity index (χ1) is 19.6. The minimum Gasteiger partial charge on any atom is -0.375 e. The van der Waals surface area contributed by atoms with Gasteiger partial charge in [0.05, 0.1) is 32.5 Å². The normalized spacial score (nSPS) is 21.1. The lowest BCUT2D eigenvalue weighted by atomic mass is 9.81. The first-order valence-corrected chi connectivity index (χ1v) is 14.6. The Morgan fingerprint density at radius 1 is 0.707 bits per heavy atom. The number of hydrogen-bond acceptors (Lipinski definition) is 5. The number of nitrogens with one attached hydrogen (secondary N) is 2. The molecule has 0 saturated carbocycles. The van der Waals surface area contributed by atoms with Crippen molar-refractivity contribution in [2.75, 3.05) is 6.61 Å². The summed E-state index contributed by atoms with van der Waals surface area (Å²) in [7, 11) is 0. The topological polar surface area (TPSA) is 68.8 Å².